The topological polar surface area (TPSA) is 37.4 Å². The quantitative estimate of drug-likeness (QED) is 0.747. The molecular weight excluding hydrogens is 178 g/mol. The lowest BCUT2D eigenvalue weighted by molar-refractivity contribution is 0.308. The standard InChI is InChI=1S/C10H15N3O/c1-11-6-8-5-9-10(12-7-8)13(2)3-4-14-9/h5,7,11H,3-4,6H2,1-2H3. The van der Waals surface area contributed by atoms with Crippen molar-refractivity contribution in [3.63, 3.8) is 0 Å². The highest BCUT2D eigenvalue weighted by Crippen LogP contribution is 2.28. The Bertz CT molecular complexity index is 327. The molecule has 0 aromatic carbocycles. The molecule has 0 bridgehead atoms. The zero-order valence-electron chi connectivity index (χ0n) is 8.58. The van der Waals surface area contributed by atoms with Gasteiger partial charge in [0.1, 0.15) is 6.61 Å². The third kappa shape index (κ3) is 1.65. The first-order valence-corrected chi connectivity index (χ1v) is 4.78. The first-order chi connectivity index (χ1) is 6.81. The van der Waals surface area contributed by atoms with Crippen LogP contribution in [0, 0.1) is 0 Å². The number of aromatic nitrogens is 1. The summed E-state index contributed by atoms with van der Waals surface area (Å²) in [6.07, 6.45) is 1.89. The predicted octanol–water partition coefficient (Wildman–Crippen LogP) is 0.630. The number of fused-ring (bicyclic) bond motifs is 1. The van der Waals surface area contributed by atoms with Gasteiger partial charge in [-0.1, -0.05) is 0 Å². The minimum atomic E-state index is 0.744. The van der Waals surface area contributed by atoms with Gasteiger partial charge in [0.15, 0.2) is 11.6 Å². The van der Waals surface area contributed by atoms with Gasteiger partial charge in [0, 0.05) is 19.8 Å². The smallest absolute Gasteiger partial charge is 0.171 e. The van der Waals surface area contributed by atoms with Gasteiger partial charge >= 0.3 is 0 Å². The van der Waals surface area contributed by atoms with Crippen LogP contribution in [0.5, 0.6) is 5.75 Å². The Hall–Kier alpha value is -1.29. The van der Waals surface area contributed by atoms with Crippen molar-refractivity contribution in [2.75, 3.05) is 32.1 Å². The fourth-order valence-electron chi connectivity index (χ4n) is 1.57. The van der Waals surface area contributed by atoms with E-state index in [4.69, 9.17) is 4.74 Å². The molecule has 0 atom stereocenters. The van der Waals surface area contributed by atoms with Crippen molar-refractivity contribution in [2.24, 2.45) is 0 Å². The van der Waals surface area contributed by atoms with E-state index in [1.807, 2.05) is 20.3 Å². The molecule has 1 aliphatic heterocycles. The second-order valence-electron chi connectivity index (χ2n) is 3.47. The Kier molecular flexibility index (Phi) is 2.54. The Labute approximate surface area is 83.9 Å². The van der Waals surface area contributed by atoms with Gasteiger partial charge in [-0.15, -0.1) is 0 Å². The van der Waals surface area contributed by atoms with Gasteiger partial charge in [-0.3, -0.25) is 0 Å². The van der Waals surface area contributed by atoms with E-state index < -0.39 is 0 Å². The number of rotatable bonds is 2. The number of ether oxygens (including phenoxy) is 1. The highest BCUT2D eigenvalue weighted by Gasteiger charge is 2.16. The number of nitrogens with one attached hydrogen (secondary N) is 1. The van der Waals surface area contributed by atoms with Crippen molar-refractivity contribution in [1.29, 1.82) is 0 Å². The van der Waals surface area contributed by atoms with Gasteiger partial charge < -0.3 is 15.0 Å². The minimum absolute atomic E-state index is 0.744. The van der Waals surface area contributed by atoms with Crippen LogP contribution in [0.15, 0.2) is 12.3 Å². The van der Waals surface area contributed by atoms with E-state index in [0.29, 0.717) is 0 Å². The Morgan fingerprint density at radius 1 is 1.64 bits per heavy atom. The molecule has 14 heavy (non-hydrogen) atoms. The number of likely N-dealkylation sites (N-methyl/N-ethyl adjacent to an activating group) is 1. The monoisotopic (exact) mass is 193 g/mol. The molecule has 0 radical (unpaired) electrons. The average molecular weight is 193 g/mol. The number of hydrogen-bond acceptors (Lipinski definition) is 4. The largest absolute Gasteiger partial charge is 0.488 e. The van der Waals surface area contributed by atoms with Gasteiger partial charge in [-0.05, 0) is 18.7 Å². The van der Waals surface area contributed by atoms with Crippen molar-refractivity contribution < 1.29 is 4.74 Å². The minimum Gasteiger partial charge on any atom is -0.488 e. The molecule has 0 unspecified atom stereocenters. The highest BCUT2D eigenvalue weighted by atomic mass is 16.5. The lowest BCUT2D eigenvalue weighted by atomic mass is 10.2. The second kappa shape index (κ2) is 3.84. The SMILES string of the molecule is CNCc1cnc2c(c1)OCCN2C. The van der Waals surface area contributed by atoms with E-state index in [1.165, 1.54) is 0 Å². The maximum Gasteiger partial charge on any atom is 0.171 e. The maximum absolute atomic E-state index is 5.55. The lowest BCUT2D eigenvalue weighted by Crippen LogP contribution is -2.29. The average Bonchev–Trinajstić information content (AvgIpc) is 2.18. The summed E-state index contributed by atoms with van der Waals surface area (Å²) >= 11 is 0. The lowest BCUT2D eigenvalue weighted by Gasteiger charge is -2.26. The Balaban J connectivity index is 2.29. The zero-order valence-corrected chi connectivity index (χ0v) is 8.58. The van der Waals surface area contributed by atoms with Crippen LogP contribution >= 0.6 is 0 Å². The van der Waals surface area contributed by atoms with Crippen LogP contribution in [0.4, 0.5) is 5.82 Å². The van der Waals surface area contributed by atoms with E-state index >= 15 is 0 Å². The van der Waals surface area contributed by atoms with E-state index in [1.54, 1.807) is 0 Å². The Morgan fingerprint density at radius 3 is 3.29 bits per heavy atom. The highest BCUT2D eigenvalue weighted by molar-refractivity contribution is 5.54. The molecule has 4 nitrogen and oxygen atoms in total. The zero-order chi connectivity index (χ0) is 9.97. The summed E-state index contributed by atoms with van der Waals surface area (Å²) in [6, 6.07) is 2.05. The van der Waals surface area contributed by atoms with Crippen LogP contribution in [0.3, 0.4) is 0 Å². The molecule has 1 aliphatic rings. The molecule has 0 saturated carbocycles. The summed E-state index contributed by atoms with van der Waals surface area (Å²) in [7, 11) is 3.96. The molecule has 0 saturated heterocycles. The van der Waals surface area contributed by atoms with Gasteiger partial charge in [0.05, 0.1) is 6.54 Å². The van der Waals surface area contributed by atoms with Crippen molar-refractivity contribution in [3.8, 4) is 5.75 Å². The summed E-state index contributed by atoms with van der Waals surface area (Å²) in [6.45, 7) is 2.48. The third-order valence-electron chi connectivity index (χ3n) is 2.32. The van der Waals surface area contributed by atoms with Crippen molar-refractivity contribution in [2.45, 2.75) is 6.54 Å². The van der Waals surface area contributed by atoms with Gasteiger partial charge in [0.2, 0.25) is 0 Å². The molecular formula is C10H15N3O. The van der Waals surface area contributed by atoms with Crippen LogP contribution in [-0.2, 0) is 6.54 Å². The molecule has 1 aromatic heterocycles. The molecule has 76 valence electrons. The molecule has 2 rings (SSSR count). The van der Waals surface area contributed by atoms with Gasteiger partial charge in [-0.25, -0.2) is 4.98 Å². The summed E-state index contributed by atoms with van der Waals surface area (Å²) < 4.78 is 5.55. The molecule has 1 N–H and O–H groups in total. The van der Waals surface area contributed by atoms with E-state index in [2.05, 4.69) is 21.3 Å². The molecule has 1 aromatic rings. The summed E-state index contributed by atoms with van der Waals surface area (Å²) in [5.41, 5.74) is 1.15. The second-order valence-corrected chi connectivity index (χ2v) is 3.47. The fourth-order valence-corrected chi connectivity index (χ4v) is 1.57. The van der Waals surface area contributed by atoms with Gasteiger partial charge in [0.25, 0.3) is 0 Å². The van der Waals surface area contributed by atoms with E-state index in [0.717, 1.165) is 36.8 Å². The first-order valence-electron chi connectivity index (χ1n) is 4.78. The van der Waals surface area contributed by atoms with Crippen LogP contribution in [0.2, 0.25) is 0 Å². The summed E-state index contributed by atoms with van der Waals surface area (Å²) in [4.78, 5) is 6.49. The number of nitrogens with zero attached hydrogens (tertiary/aromatic N) is 2. The molecule has 0 amide bonds. The normalized spacial score (nSPS) is 14.9. The number of hydrogen-bond donors (Lipinski definition) is 1. The fraction of sp³-hybridized carbons (Fsp3) is 0.500. The van der Waals surface area contributed by atoms with Crippen molar-refractivity contribution in [1.82, 2.24) is 10.3 Å². The van der Waals surface area contributed by atoms with E-state index in [9.17, 15) is 0 Å². The summed E-state index contributed by atoms with van der Waals surface area (Å²) in [5.74, 6) is 1.84. The van der Waals surface area contributed by atoms with Crippen molar-refractivity contribution in [3.05, 3.63) is 17.8 Å². The molecule has 0 fully saturated rings. The van der Waals surface area contributed by atoms with Crippen LogP contribution in [0.25, 0.3) is 0 Å². The van der Waals surface area contributed by atoms with Crippen LogP contribution < -0.4 is 15.0 Å². The predicted molar refractivity (Wildman–Crippen MR) is 55.8 cm³/mol. The van der Waals surface area contributed by atoms with Gasteiger partial charge in [-0.2, -0.15) is 0 Å². The van der Waals surface area contributed by atoms with Crippen LogP contribution in [0.1, 0.15) is 5.56 Å². The Morgan fingerprint density at radius 2 is 2.50 bits per heavy atom. The first kappa shape index (κ1) is 9.27. The molecule has 0 aliphatic carbocycles. The maximum atomic E-state index is 5.55. The van der Waals surface area contributed by atoms with E-state index in [-0.39, 0.29) is 0 Å². The van der Waals surface area contributed by atoms with Crippen molar-refractivity contribution >= 4 is 5.82 Å². The third-order valence-corrected chi connectivity index (χ3v) is 2.32. The molecule has 2 heterocycles. The number of anilines is 1. The molecule has 0 spiro atoms. The summed E-state index contributed by atoms with van der Waals surface area (Å²) in [5, 5.41) is 3.09. The van der Waals surface area contributed by atoms with Crippen LogP contribution in [-0.4, -0.2) is 32.2 Å². The molecule has 4 heteroatoms. The number of pyridine rings is 1.